The largest absolute Gasteiger partial charge is 0.476 e. The summed E-state index contributed by atoms with van der Waals surface area (Å²) in [6.45, 7) is 3.96. The Morgan fingerprint density at radius 2 is 1.74 bits per heavy atom. The molecule has 108 valence electrons. The van der Waals surface area contributed by atoms with Gasteiger partial charge in [-0.05, 0) is 32.3 Å². The van der Waals surface area contributed by atoms with Crippen LogP contribution in [0.25, 0.3) is 0 Å². The number of benzene rings is 1. The maximum atomic E-state index is 12.1. The third-order valence-corrected chi connectivity index (χ3v) is 4.08. The molecule has 6 heteroatoms. The Balaban J connectivity index is 2.44. The van der Waals surface area contributed by atoms with E-state index in [2.05, 4.69) is 0 Å². The molecule has 1 aromatic rings. The van der Waals surface area contributed by atoms with Crippen LogP contribution in [0.4, 0.5) is 0 Å². The van der Waals surface area contributed by atoms with Crippen molar-refractivity contribution in [3.63, 3.8) is 0 Å². The minimum absolute atomic E-state index is 0.253. The Morgan fingerprint density at radius 3 is 2.26 bits per heavy atom. The number of nitrogens with two attached hydrogens (primary N) is 1. The second-order valence-electron chi connectivity index (χ2n) is 3.95. The maximum Gasteiger partial charge on any atom is 0.476 e. The van der Waals surface area contributed by atoms with Gasteiger partial charge in [-0.15, -0.1) is 0 Å². The van der Waals surface area contributed by atoms with Gasteiger partial charge >= 0.3 is 7.82 Å². The van der Waals surface area contributed by atoms with E-state index in [4.69, 9.17) is 19.3 Å². The van der Waals surface area contributed by atoms with Crippen LogP contribution in [-0.4, -0.2) is 19.4 Å². The lowest BCUT2D eigenvalue weighted by molar-refractivity contribution is 0.0827. The molecule has 0 fully saturated rings. The minimum Gasteiger partial charge on any atom is -0.306 e. The van der Waals surface area contributed by atoms with Gasteiger partial charge in [-0.25, -0.2) is 4.57 Å². The number of hydrogen-bond acceptors (Lipinski definition) is 5. The third kappa shape index (κ3) is 6.32. The molecule has 0 aliphatic heterocycles. The molecule has 0 unspecified atom stereocenters. The summed E-state index contributed by atoms with van der Waals surface area (Å²) in [7, 11) is -3.52. The molecule has 0 radical (unpaired) electrons. The van der Waals surface area contributed by atoms with E-state index in [9.17, 15) is 4.57 Å². The Kier molecular flexibility index (Phi) is 7.28. The predicted molar refractivity (Wildman–Crippen MR) is 74.7 cm³/mol. The first-order valence-electron chi connectivity index (χ1n) is 6.46. The fourth-order valence-corrected chi connectivity index (χ4v) is 2.85. The molecule has 2 N–H and O–H groups in total. The summed E-state index contributed by atoms with van der Waals surface area (Å²) in [6, 6.07) is 9.91. The second kappa shape index (κ2) is 8.46. The maximum absolute atomic E-state index is 12.1. The van der Waals surface area contributed by atoms with Gasteiger partial charge in [0, 0.05) is 0 Å². The number of aryl methyl sites for hydroxylation is 1. The first-order chi connectivity index (χ1) is 9.09. The van der Waals surface area contributed by atoms with Crippen LogP contribution >= 0.6 is 7.82 Å². The Morgan fingerprint density at radius 1 is 1.16 bits per heavy atom. The highest BCUT2D eigenvalue weighted by atomic mass is 31.2. The summed E-state index contributed by atoms with van der Waals surface area (Å²) in [6.07, 6.45) is 0.623. The Hall–Kier alpha value is -0.710. The van der Waals surface area contributed by atoms with E-state index in [1.165, 1.54) is 0 Å². The lowest BCUT2D eigenvalue weighted by Gasteiger charge is -2.20. The molecule has 0 aromatic heterocycles. The molecular formula is C13H22NO4P. The molecule has 0 aliphatic rings. The molecule has 0 saturated carbocycles. The molecule has 0 bridgehead atoms. The first-order valence-corrected chi connectivity index (χ1v) is 7.92. The fraction of sp³-hybridized carbons (Fsp3) is 0.538. The van der Waals surface area contributed by atoms with Crippen molar-refractivity contribution in [2.75, 3.05) is 13.2 Å². The van der Waals surface area contributed by atoms with Crippen molar-refractivity contribution in [3.8, 4) is 0 Å². The number of phosphoric ester groups is 1. The second-order valence-corrected chi connectivity index (χ2v) is 5.57. The van der Waals surface area contributed by atoms with Gasteiger partial charge in [0.25, 0.3) is 0 Å². The Labute approximate surface area is 114 Å². The van der Waals surface area contributed by atoms with E-state index in [1.807, 2.05) is 30.3 Å². The van der Waals surface area contributed by atoms with Crippen molar-refractivity contribution in [1.82, 2.24) is 0 Å². The highest BCUT2D eigenvalue weighted by molar-refractivity contribution is 7.48. The van der Waals surface area contributed by atoms with Crippen LogP contribution in [0.1, 0.15) is 25.8 Å². The minimum atomic E-state index is -3.52. The van der Waals surface area contributed by atoms with Gasteiger partial charge in [0.2, 0.25) is 0 Å². The van der Waals surface area contributed by atoms with Crippen LogP contribution in [0.3, 0.4) is 0 Å². The van der Waals surface area contributed by atoms with Gasteiger partial charge in [-0.1, -0.05) is 30.3 Å². The van der Waals surface area contributed by atoms with Crippen LogP contribution < -0.4 is 5.73 Å². The van der Waals surface area contributed by atoms with E-state index >= 15 is 0 Å². The van der Waals surface area contributed by atoms with Crippen LogP contribution in [0.15, 0.2) is 30.3 Å². The molecule has 0 aliphatic carbocycles. The van der Waals surface area contributed by atoms with Gasteiger partial charge < -0.3 is 5.73 Å². The topological polar surface area (TPSA) is 70.8 Å². The molecular weight excluding hydrogens is 265 g/mol. The van der Waals surface area contributed by atoms with Gasteiger partial charge in [-0.3, -0.25) is 13.6 Å². The molecule has 5 nitrogen and oxygen atoms in total. The standard InChI is InChI=1S/C13H22NO4P/c1-3-16-19(15,17-4-2)18-13(14)11-10-12-8-6-5-7-9-12/h5-9,13H,3-4,10-11,14H2,1-2H3/t13-/m1/s1. The summed E-state index contributed by atoms with van der Waals surface area (Å²) in [5.74, 6) is 0. The zero-order valence-corrected chi connectivity index (χ0v) is 12.3. The van der Waals surface area contributed by atoms with Crippen molar-refractivity contribution in [1.29, 1.82) is 0 Å². The van der Waals surface area contributed by atoms with Crippen LogP contribution in [0.2, 0.25) is 0 Å². The van der Waals surface area contributed by atoms with Crippen LogP contribution in [0, 0.1) is 0 Å². The van der Waals surface area contributed by atoms with E-state index in [1.54, 1.807) is 13.8 Å². The summed E-state index contributed by atoms with van der Waals surface area (Å²) >= 11 is 0. The molecule has 1 aromatic carbocycles. The van der Waals surface area contributed by atoms with Gasteiger partial charge in [-0.2, -0.15) is 0 Å². The smallest absolute Gasteiger partial charge is 0.306 e. The van der Waals surface area contributed by atoms with E-state index in [0.717, 1.165) is 12.0 Å². The average Bonchev–Trinajstić information content (AvgIpc) is 2.38. The van der Waals surface area contributed by atoms with Crippen molar-refractivity contribution in [2.24, 2.45) is 5.73 Å². The number of phosphoric acid groups is 1. The Bertz CT molecular complexity index is 389. The normalized spacial score (nSPS) is 13.4. The van der Waals surface area contributed by atoms with Gasteiger partial charge in [0.1, 0.15) is 6.23 Å². The van der Waals surface area contributed by atoms with E-state index < -0.39 is 14.1 Å². The molecule has 1 rings (SSSR count). The van der Waals surface area contributed by atoms with Crippen LogP contribution in [0.5, 0.6) is 0 Å². The monoisotopic (exact) mass is 287 g/mol. The first kappa shape index (κ1) is 16.3. The molecule has 0 spiro atoms. The molecule has 0 amide bonds. The lowest BCUT2D eigenvalue weighted by atomic mass is 10.1. The highest BCUT2D eigenvalue weighted by Gasteiger charge is 2.28. The van der Waals surface area contributed by atoms with Crippen LogP contribution in [-0.2, 0) is 24.6 Å². The number of hydrogen-bond donors (Lipinski definition) is 1. The summed E-state index contributed by atoms with van der Waals surface area (Å²) < 4.78 is 27.4. The van der Waals surface area contributed by atoms with Crippen molar-refractivity contribution < 1.29 is 18.1 Å². The summed E-state index contributed by atoms with van der Waals surface area (Å²) in [5.41, 5.74) is 6.97. The number of rotatable bonds is 9. The average molecular weight is 287 g/mol. The summed E-state index contributed by atoms with van der Waals surface area (Å²) in [5, 5.41) is 0. The fourth-order valence-electron chi connectivity index (χ4n) is 1.59. The summed E-state index contributed by atoms with van der Waals surface area (Å²) in [4.78, 5) is 0. The molecule has 19 heavy (non-hydrogen) atoms. The third-order valence-electron chi connectivity index (χ3n) is 2.40. The van der Waals surface area contributed by atoms with Gasteiger partial charge in [0.15, 0.2) is 0 Å². The van der Waals surface area contributed by atoms with E-state index in [0.29, 0.717) is 6.42 Å². The predicted octanol–water partition coefficient (Wildman–Crippen LogP) is 3.10. The quantitative estimate of drug-likeness (QED) is 0.558. The molecule has 0 saturated heterocycles. The molecule has 1 atom stereocenters. The zero-order chi connectivity index (χ0) is 14.1. The van der Waals surface area contributed by atoms with Crippen molar-refractivity contribution >= 4 is 7.82 Å². The van der Waals surface area contributed by atoms with E-state index in [-0.39, 0.29) is 13.2 Å². The highest BCUT2D eigenvalue weighted by Crippen LogP contribution is 2.50. The van der Waals surface area contributed by atoms with Crippen molar-refractivity contribution in [3.05, 3.63) is 35.9 Å². The zero-order valence-electron chi connectivity index (χ0n) is 11.5. The van der Waals surface area contributed by atoms with Gasteiger partial charge in [0.05, 0.1) is 13.2 Å². The molecule has 0 heterocycles. The lowest BCUT2D eigenvalue weighted by Crippen LogP contribution is -2.24. The van der Waals surface area contributed by atoms with Crippen molar-refractivity contribution in [2.45, 2.75) is 32.9 Å². The SMILES string of the molecule is CCOP(=O)(OCC)O[C@@H](N)CCc1ccccc1.